The largest absolute Gasteiger partial charge is 0.311 e. The second-order valence-corrected chi connectivity index (χ2v) is 5.59. The lowest BCUT2D eigenvalue weighted by Gasteiger charge is -2.30. The minimum atomic E-state index is -0.0178. The number of aryl methyl sites for hydroxylation is 1. The van der Waals surface area contributed by atoms with Gasteiger partial charge >= 0.3 is 0 Å². The van der Waals surface area contributed by atoms with Crippen molar-refractivity contribution in [2.24, 2.45) is 0 Å². The number of aromatic amines is 1. The maximum atomic E-state index is 11.6. The number of likely N-dealkylation sites (tertiary alicyclic amines) is 1. The molecule has 2 fully saturated rings. The zero-order valence-corrected chi connectivity index (χ0v) is 11.0. The molecular formula is C14H21N3O. The monoisotopic (exact) mass is 247 g/mol. The molecule has 1 N–H and O–H groups in total. The lowest BCUT2D eigenvalue weighted by molar-refractivity contribution is 0.179. The molecule has 1 saturated carbocycles. The molecule has 0 spiro atoms. The minimum absolute atomic E-state index is 0.0178. The Morgan fingerprint density at radius 2 is 2.06 bits per heavy atom. The first kappa shape index (κ1) is 11.9. The van der Waals surface area contributed by atoms with Crippen LogP contribution in [0.15, 0.2) is 10.9 Å². The highest BCUT2D eigenvalue weighted by molar-refractivity contribution is 5.10. The van der Waals surface area contributed by atoms with Crippen LogP contribution in [0.25, 0.3) is 0 Å². The summed E-state index contributed by atoms with van der Waals surface area (Å²) < 4.78 is 0. The van der Waals surface area contributed by atoms with E-state index in [-0.39, 0.29) is 5.56 Å². The van der Waals surface area contributed by atoms with Crippen LogP contribution in [0.5, 0.6) is 0 Å². The zero-order valence-electron chi connectivity index (χ0n) is 11.0. The highest BCUT2D eigenvalue weighted by Gasteiger charge is 2.34. The number of hydrogen-bond acceptors (Lipinski definition) is 3. The first-order valence-electron chi connectivity index (χ1n) is 7.07. The zero-order chi connectivity index (χ0) is 12.5. The van der Waals surface area contributed by atoms with Gasteiger partial charge in [0.2, 0.25) is 0 Å². The third kappa shape index (κ3) is 2.21. The Hall–Kier alpha value is -1.16. The SMILES string of the molecule is Cc1nc([C@@H]2CCCN2C2CCCC2)cc(=O)[nH]1. The number of nitrogens with zero attached hydrogens (tertiary/aromatic N) is 2. The van der Waals surface area contributed by atoms with Gasteiger partial charge in [0.05, 0.1) is 11.7 Å². The maximum absolute atomic E-state index is 11.6. The Labute approximate surface area is 107 Å². The summed E-state index contributed by atoms with van der Waals surface area (Å²) in [6.45, 7) is 3.03. The molecule has 1 aromatic rings. The molecule has 1 saturated heterocycles. The van der Waals surface area contributed by atoms with Gasteiger partial charge in [0.25, 0.3) is 5.56 Å². The van der Waals surface area contributed by atoms with Gasteiger partial charge in [-0.3, -0.25) is 9.69 Å². The Morgan fingerprint density at radius 1 is 1.28 bits per heavy atom. The third-order valence-corrected chi connectivity index (χ3v) is 4.31. The van der Waals surface area contributed by atoms with E-state index in [1.807, 2.05) is 6.92 Å². The quantitative estimate of drug-likeness (QED) is 0.871. The Morgan fingerprint density at radius 3 is 2.78 bits per heavy atom. The van der Waals surface area contributed by atoms with Crippen LogP contribution in [0.2, 0.25) is 0 Å². The number of rotatable bonds is 2. The molecule has 0 radical (unpaired) electrons. The Kier molecular flexibility index (Phi) is 3.20. The van der Waals surface area contributed by atoms with Gasteiger partial charge in [-0.1, -0.05) is 12.8 Å². The van der Waals surface area contributed by atoms with Crippen LogP contribution in [-0.2, 0) is 0 Å². The fourth-order valence-corrected chi connectivity index (χ4v) is 3.55. The molecule has 2 aliphatic rings. The average molecular weight is 247 g/mol. The van der Waals surface area contributed by atoms with Crippen molar-refractivity contribution in [1.82, 2.24) is 14.9 Å². The standard InChI is InChI=1S/C14H21N3O/c1-10-15-12(9-14(18)16-10)13-7-4-8-17(13)11-5-2-3-6-11/h9,11,13H,2-8H2,1H3,(H,15,16,18)/t13-/m0/s1. The summed E-state index contributed by atoms with van der Waals surface area (Å²) >= 11 is 0. The van der Waals surface area contributed by atoms with Crippen LogP contribution in [-0.4, -0.2) is 27.5 Å². The molecule has 2 heterocycles. The van der Waals surface area contributed by atoms with E-state index in [0.29, 0.717) is 6.04 Å². The Balaban J connectivity index is 1.87. The highest BCUT2D eigenvalue weighted by atomic mass is 16.1. The summed E-state index contributed by atoms with van der Waals surface area (Å²) in [4.78, 5) is 21.4. The molecule has 3 rings (SSSR count). The lowest BCUT2D eigenvalue weighted by Crippen LogP contribution is -2.33. The van der Waals surface area contributed by atoms with Crippen molar-refractivity contribution in [2.75, 3.05) is 6.54 Å². The maximum Gasteiger partial charge on any atom is 0.251 e. The fraction of sp³-hybridized carbons (Fsp3) is 0.714. The molecule has 4 nitrogen and oxygen atoms in total. The van der Waals surface area contributed by atoms with E-state index in [4.69, 9.17) is 0 Å². The van der Waals surface area contributed by atoms with Crippen LogP contribution in [0, 0.1) is 6.92 Å². The molecule has 18 heavy (non-hydrogen) atoms. The Bertz CT molecular complexity index is 476. The number of nitrogens with one attached hydrogen (secondary N) is 1. The molecule has 98 valence electrons. The van der Waals surface area contributed by atoms with Crippen LogP contribution in [0.3, 0.4) is 0 Å². The lowest BCUT2D eigenvalue weighted by atomic mass is 10.1. The second-order valence-electron chi connectivity index (χ2n) is 5.59. The van der Waals surface area contributed by atoms with E-state index < -0.39 is 0 Å². The molecule has 1 atom stereocenters. The highest BCUT2D eigenvalue weighted by Crippen LogP contribution is 2.37. The van der Waals surface area contributed by atoms with Gasteiger partial charge in [-0.15, -0.1) is 0 Å². The summed E-state index contributed by atoms with van der Waals surface area (Å²) in [7, 11) is 0. The predicted octanol–water partition coefficient (Wildman–Crippen LogP) is 2.16. The molecule has 0 amide bonds. The minimum Gasteiger partial charge on any atom is -0.311 e. The van der Waals surface area contributed by atoms with E-state index in [2.05, 4.69) is 14.9 Å². The average Bonchev–Trinajstić information content (AvgIpc) is 2.98. The van der Waals surface area contributed by atoms with E-state index >= 15 is 0 Å². The van der Waals surface area contributed by atoms with Crippen LogP contribution in [0.4, 0.5) is 0 Å². The summed E-state index contributed by atoms with van der Waals surface area (Å²) in [5.74, 6) is 0.732. The first-order valence-corrected chi connectivity index (χ1v) is 7.07. The molecule has 0 unspecified atom stereocenters. The number of hydrogen-bond donors (Lipinski definition) is 1. The van der Waals surface area contributed by atoms with Crippen molar-refractivity contribution in [3.63, 3.8) is 0 Å². The molecular weight excluding hydrogens is 226 g/mol. The predicted molar refractivity (Wildman–Crippen MR) is 70.5 cm³/mol. The summed E-state index contributed by atoms with van der Waals surface area (Å²) in [6.07, 6.45) is 7.73. The number of aromatic nitrogens is 2. The van der Waals surface area contributed by atoms with Gasteiger partial charge < -0.3 is 4.98 Å². The normalized spacial score (nSPS) is 25.9. The van der Waals surface area contributed by atoms with Crippen molar-refractivity contribution >= 4 is 0 Å². The van der Waals surface area contributed by atoms with E-state index in [9.17, 15) is 4.79 Å². The van der Waals surface area contributed by atoms with Crippen molar-refractivity contribution in [2.45, 2.75) is 57.5 Å². The van der Waals surface area contributed by atoms with Crippen molar-refractivity contribution in [3.05, 3.63) is 27.9 Å². The third-order valence-electron chi connectivity index (χ3n) is 4.31. The molecule has 0 aromatic carbocycles. The van der Waals surface area contributed by atoms with Crippen molar-refractivity contribution < 1.29 is 0 Å². The fourth-order valence-electron chi connectivity index (χ4n) is 3.55. The van der Waals surface area contributed by atoms with Gasteiger partial charge in [0.15, 0.2) is 0 Å². The molecule has 1 aliphatic carbocycles. The summed E-state index contributed by atoms with van der Waals surface area (Å²) in [5, 5.41) is 0. The molecule has 1 aromatic heterocycles. The van der Waals surface area contributed by atoms with Gasteiger partial charge in [-0.25, -0.2) is 4.98 Å². The van der Waals surface area contributed by atoms with E-state index in [0.717, 1.165) is 24.0 Å². The van der Waals surface area contributed by atoms with E-state index in [1.54, 1.807) is 6.07 Å². The van der Waals surface area contributed by atoms with Gasteiger partial charge in [-0.2, -0.15) is 0 Å². The summed E-state index contributed by atoms with van der Waals surface area (Å²) in [5.41, 5.74) is 0.955. The first-order chi connectivity index (χ1) is 8.74. The van der Waals surface area contributed by atoms with Crippen molar-refractivity contribution in [3.8, 4) is 0 Å². The van der Waals surface area contributed by atoms with Gasteiger partial charge in [0.1, 0.15) is 5.82 Å². The second kappa shape index (κ2) is 4.84. The van der Waals surface area contributed by atoms with Crippen LogP contribution < -0.4 is 5.56 Å². The number of H-pyrrole nitrogens is 1. The molecule has 0 bridgehead atoms. The molecule has 1 aliphatic heterocycles. The summed E-state index contributed by atoms with van der Waals surface area (Å²) in [6, 6.07) is 2.78. The topological polar surface area (TPSA) is 49.0 Å². The van der Waals surface area contributed by atoms with Crippen molar-refractivity contribution in [1.29, 1.82) is 0 Å². The van der Waals surface area contributed by atoms with Crippen LogP contribution >= 0.6 is 0 Å². The van der Waals surface area contributed by atoms with E-state index in [1.165, 1.54) is 38.6 Å². The van der Waals surface area contributed by atoms with Crippen LogP contribution in [0.1, 0.15) is 56.1 Å². The van der Waals surface area contributed by atoms with Gasteiger partial charge in [0, 0.05) is 12.1 Å². The smallest absolute Gasteiger partial charge is 0.251 e. The van der Waals surface area contributed by atoms with Gasteiger partial charge in [-0.05, 0) is 39.2 Å². The molecule has 4 heteroatoms.